The Labute approximate surface area is 123 Å². The first-order chi connectivity index (χ1) is 10.4. The zero-order chi connectivity index (χ0) is 16.3. The van der Waals surface area contributed by atoms with Crippen LogP contribution in [0.4, 0.5) is 27.6 Å². The molecule has 1 aromatic carbocycles. The second-order valence-electron chi connectivity index (χ2n) is 4.66. The summed E-state index contributed by atoms with van der Waals surface area (Å²) in [6.07, 6.45) is -4.02. The van der Waals surface area contributed by atoms with Crippen LogP contribution in [0.1, 0.15) is 16.8 Å². The fourth-order valence-electron chi connectivity index (χ4n) is 2.34. The molecule has 0 saturated carbocycles. The van der Waals surface area contributed by atoms with Gasteiger partial charge in [0.1, 0.15) is 0 Å². The number of benzene rings is 1. The molecular formula is C14H14F5N3. The molecule has 120 valence electrons. The second kappa shape index (κ2) is 6.33. The Morgan fingerprint density at radius 2 is 1.59 bits per heavy atom. The molecule has 0 aliphatic heterocycles. The van der Waals surface area contributed by atoms with Gasteiger partial charge in [0.25, 0.3) is 0 Å². The lowest BCUT2D eigenvalue weighted by Crippen LogP contribution is -2.18. The van der Waals surface area contributed by atoms with E-state index >= 15 is 0 Å². The number of nitrogens with two attached hydrogens (primary N) is 1. The monoisotopic (exact) mass is 319 g/mol. The van der Waals surface area contributed by atoms with Crippen molar-refractivity contribution in [1.29, 1.82) is 0 Å². The first-order valence-electron chi connectivity index (χ1n) is 6.54. The molecule has 0 fully saturated rings. The third kappa shape index (κ3) is 3.05. The summed E-state index contributed by atoms with van der Waals surface area (Å²) in [5.74, 6) is 0. The highest BCUT2D eigenvalue weighted by molar-refractivity contribution is 5.54. The van der Waals surface area contributed by atoms with Gasteiger partial charge in [-0.2, -0.15) is 18.3 Å². The molecule has 8 heteroatoms. The van der Waals surface area contributed by atoms with E-state index in [2.05, 4.69) is 5.10 Å². The van der Waals surface area contributed by atoms with E-state index in [0.717, 1.165) is 6.20 Å². The van der Waals surface area contributed by atoms with E-state index < -0.39 is 30.9 Å². The molecule has 0 spiro atoms. The topological polar surface area (TPSA) is 43.8 Å². The van der Waals surface area contributed by atoms with Crippen molar-refractivity contribution in [3.63, 3.8) is 0 Å². The molecule has 0 radical (unpaired) electrons. The van der Waals surface area contributed by atoms with Gasteiger partial charge in [-0.15, -0.1) is 0 Å². The van der Waals surface area contributed by atoms with Gasteiger partial charge in [-0.3, -0.25) is 8.78 Å². The fraction of sp³-hybridized carbons (Fsp3) is 0.357. The number of anilines is 1. The zero-order valence-corrected chi connectivity index (χ0v) is 11.5. The van der Waals surface area contributed by atoms with Crippen molar-refractivity contribution in [1.82, 2.24) is 9.78 Å². The number of aromatic nitrogens is 2. The van der Waals surface area contributed by atoms with E-state index in [-0.39, 0.29) is 18.5 Å². The summed E-state index contributed by atoms with van der Waals surface area (Å²) in [6.45, 7) is -1.49. The minimum atomic E-state index is -4.73. The molecule has 0 saturated heterocycles. The van der Waals surface area contributed by atoms with Gasteiger partial charge in [-0.25, -0.2) is 4.68 Å². The molecule has 2 N–H and O–H groups in total. The molecule has 22 heavy (non-hydrogen) atoms. The lowest BCUT2D eigenvalue weighted by Gasteiger charge is -2.17. The molecule has 2 rings (SSSR count). The SMILES string of the molecule is Nc1cnn(-c2c(CCF)cccc2CCF)c1C(F)(F)F. The van der Waals surface area contributed by atoms with Crippen molar-refractivity contribution in [2.24, 2.45) is 0 Å². The van der Waals surface area contributed by atoms with Gasteiger partial charge in [0.15, 0.2) is 5.69 Å². The van der Waals surface area contributed by atoms with Crippen LogP contribution in [-0.4, -0.2) is 23.1 Å². The molecule has 0 unspecified atom stereocenters. The Bertz CT molecular complexity index is 624. The number of nitrogen functional groups attached to an aromatic ring is 1. The summed E-state index contributed by atoms with van der Waals surface area (Å²) >= 11 is 0. The number of aryl methyl sites for hydroxylation is 2. The van der Waals surface area contributed by atoms with Gasteiger partial charge in [0.05, 0.1) is 30.9 Å². The van der Waals surface area contributed by atoms with Crippen molar-refractivity contribution in [2.75, 3.05) is 19.1 Å². The van der Waals surface area contributed by atoms with Crippen LogP contribution >= 0.6 is 0 Å². The van der Waals surface area contributed by atoms with Crippen LogP contribution in [0.15, 0.2) is 24.4 Å². The highest BCUT2D eigenvalue weighted by Crippen LogP contribution is 2.36. The summed E-state index contributed by atoms with van der Waals surface area (Å²) < 4.78 is 65.5. The normalized spacial score (nSPS) is 11.9. The van der Waals surface area contributed by atoms with Gasteiger partial charge in [0, 0.05) is 12.8 Å². The largest absolute Gasteiger partial charge is 0.435 e. The minimum Gasteiger partial charge on any atom is -0.396 e. The molecule has 0 aliphatic carbocycles. The zero-order valence-electron chi connectivity index (χ0n) is 11.5. The van der Waals surface area contributed by atoms with Crippen molar-refractivity contribution >= 4 is 5.69 Å². The van der Waals surface area contributed by atoms with Crippen molar-refractivity contribution in [3.05, 3.63) is 41.2 Å². The third-order valence-electron chi connectivity index (χ3n) is 3.21. The number of hydrogen-bond donors (Lipinski definition) is 1. The third-order valence-corrected chi connectivity index (χ3v) is 3.21. The summed E-state index contributed by atoms with van der Waals surface area (Å²) in [7, 11) is 0. The van der Waals surface area contributed by atoms with Gasteiger partial charge in [-0.05, 0) is 11.1 Å². The predicted molar refractivity (Wildman–Crippen MR) is 72.3 cm³/mol. The summed E-state index contributed by atoms with van der Waals surface area (Å²) in [4.78, 5) is 0. The number of halogens is 5. The minimum absolute atomic E-state index is 0.0434. The molecule has 0 aliphatic rings. The standard InChI is InChI=1S/C14H14F5N3/c15-6-4-9-2-1-3-10(5-7-16)12(9)22-13(14(17,18)19)11(20)8-21-22/h1-3,8H,4-7,20H2. The Balaban J connectivity index is 2.71. The van der Waals surface area contributed by atoms with Gasteiger partial charge < -0.3 is 5.73 Å². The van der Waals surface area contributed by atoms with Crippen LogP contribution in [0.3, 0.4) is 0 Å². The second-order valence-corrected chi connectivity index (χ2v) is 4.66. The van der Waals surface area contributed by atoms with Crippen molar-refractivity contribution < 1.29 is 22.0 Å². The van der Waals surface area contributed by atoms with Gasteiger partial charge in [-0.1, -0.05) is 18.2 Å². The molecular weight excluding hydrogens is 305 g/mol. The van der Waals surface area contributed by atoms with E-state index in [0.29, 0.717) is 15.8 Å². The van der Waals surface area contributed by atoms with E-state index in [1.165, 1.54) is 12.1 Å². The van der Waals surface area contributed by atoms with Crippen LogP contribution in [0, 0.1) is 0 Å². The quantitative estimate of drug-likeness (QED) is 0.857. The fourth-order valence-corrected chi connectivity index (χ4v) is 2.34. The van der Waals surface area contributed by atoms with Crippen molar-refractivity contribution in [2.45, 2.75) is 19.0 Å². The smallest absolute Gasteiger partial charge is 0.396 e. The number of hydrogen-bond acceptors (Lipinski definition) is 2. The number of rotatable bonds is 5. The molecule has 0 bridgehead atoms. The van der Waals surface area contributed by atoms with Crippen LogP contribution in [0.25, 0.3) is 5.69 Å². The Morgan fingerprint density at radius 3 is 2.05 bits per heavy atom. The van der Waals surface area contributed by atoms with E-state index in [1.807, 2.05) is 0 Å². The number of nitrogens with zero attached hydrogens (tertiary/aromatic N) is 2. The molecule has 0 amide bonds. The lowest BCUT2D eigenvalue weighted by molar-refractivity contribution is -0.142. The Kier molecular flexibility index (Phi) is 4.68. The Morgan fingerprint density at radius 1 is 1.05 bits per heavy atom. The van der Waals surface area contributed by atoms with E-state index in [9.17, 15) is 22.0 Å². The average Bonchev–Trinajstić information content (AvgIpc) is 2.81. The van der Waals surface area contributed by atoms with Crippen LogP contribution < -0.4 is 5.73 Å². The maximum atomic E-state index is 13.2. The highest BCUT2D eigenvalue weighted by atomic mass is 19.4. The number of alkyl halides is 5. The Hall–Kier alpha value is -2.12. The lowest BCUT2D eigenvalue weighted by atomic mass is 10.0. The molecule has 1 heterocycles. The maximum Gasteiger partial charge on any atom is 0.435 e. The average molecular weight is 319 g/mol. The maximum absolute atomic E-state index is 13.2. The summed E-state index contributed by atoms with van der Waals surface area (Å²) in [5, 5.41) is 3.67. The van der Waals surface area contributed by atoms with E-state index in [1.54, 1.807) is 6.07 Å². The van der Waals surface area contributed by atoms with Crippen LogP contribution in [0.5, 0.6) is 0 Å². The molecule has 0 atom stereocenters. The molecule has 1 aromatic heterocycles. The molecule has 2 aromatic rings. The summed E-state index contributed by atoms with van der Waals surface area (Å²) in [6, 6.07) is 4.54. The van der Waals surface area contributed by atoms with Crippen molar-refractivity contribution in [3.8, 4) is 5.69 Å². The van der Waals surface area contributed by atoms with Gasteiger partial charge >= 0.3 is 6.18 Å². The first kappa shape index (κ1) is 16.3. The highest BCUT2D eigenvalue weighted by Gasteiger charge is 2.38. The van der Waals surface area contributed by atoms with Gasteiger partial charge in [0.2, 0.25) is 0 Å². The molecule has 3 nitrogen and oxygen atoms in total. The first-order valence-corrected chi connectivity index (χ1v) is 6.54. The van der Waals surface area contributed by atoms with Crippen LogP contribution in [0.2, 0.25) is 0 Å². The van der Waals surface area contributed by atoms with E-state index in [4.69, 9.17) is 5.73 Å². The predicted octanol–water partition coefficient (Wildman–Crippen LogP) is 3.50. The number of para-hydroxylation sites is 1. The summed E-state index contributed by atoms with van der Waals surface area (Å²) in [5.41, 5.74) is 4.37. The van der Waals surface area contributed by atoms with Crippen LogP contribution in [-0.2, 0) is 19.0 Å².